The van der Waals surface area contributed by atoms with Gasteiger partial charge in [0.15, 0.2) is 0 Å². The minimum absolute atomic E-state index is 0.203. The molecule has 0 aromatic heterocycles. The molecular formula is C13H19N3O3. The van der Waals surface area contributed by atoms with Crippen molar-refractivity contribution in [2.24, 2.45) is 11.5 Å². The van der Waals surface area contributed by atoms with E-state index in [-0.39, 0.29) is 12.5 Å². The van der Waals surface area contributed by atoms with Crippen LogP contribution in [0.3, 0.4) is 0 Å². The lowest BCUT2D eigenvalue weighted by molar-refractivity contribution is -0.120. The number of nitrogens with two attached hydrogens (primary N) is 2. The predicted molar refractivity (Wildman–Crippen MR) is 71.5 cm³/mol. The van der Waals surface area contributed by atoms with Crippen LogP contribution >= 0.6 is 0 Å². The number of hydrogen-bond donors (Lipinski definition) is 4. The maximum atomic E-state index is 11.1. The molecule has 19 heavy (non-hydrogen) atoms. The van der Waals surface area contributed by atoms with Gasteiger partial charge in [0, 0.05) is 6.04 Å². The first-order chi connectivity index (χ1) is 8.99. The van der Waals surface area contributed by atoms with Crippen molar-refractivity contribution in [3.8, 4) is 0 Å². The van der Waals surface area contributed by atoms with Gasteiger partial charge in [-0.05, 0) is 24.8 Å². The molecule has 6 heteroatoms. The molecule has 1 aromatic rings. The molecule has 6 N–H and O–H groups in total. The number of benzene rings is 1. The second-order valence-corrected chi connectivity index (χ2v) is 4.42. The summed E-state index contributed by atoms with van der Waals surface area (Å²) in [5.41, 5.74) is 12.2. The van der Waals surface area contributed by atoms with E-state index in [1.807, 2.05) is 30.3 Å². The van der Waals surface area contributed by atoms with Crippen molar-refractivity contribution >= 4 is 12.0 Å². The molecule has 0 bridgehead atoms. The first kappa shape index (κ1) is 15.0. The molecule has 0 fully saturated rings. The molecule has 0 heterocycles. The van der Waals surface area contributed by atoms with Gasteiger partial charge in [0.2, 0.25) is 5.91 Å². The summed E-state index contributed by atoms with van der Waals surface area (Å²) < 4.78 is 0. The van der Waals surface area contributed by atoms with Crippen LogP contribution in [-0.2, 0) is 11.2 Å². The van der Waals surface area contributed by atoms with Gasteiger partial charge in [-0.2, -0.15) is 0 Å². The topological polar surface area (TPSA) is 118 Å². The zero-order chi connectivity index (χ0) is 14.3. The SMILES string of the molecule is NC(=O)C(CC(N)CCc1ccccc1)NC(=O)O. The third-order valence-electron chi connectivity index (χ3n) is 2.83. The summed E-state index contributed by atoms with van der Waals surface area (Å²) in [6, 6.07) is 8.58. The lowest BCUT2D eigenvalue weighted by Crippen LogP contribution is -2.47. The van der Waals surface area contributed by atoms with Gasteiger partial charge in [-0.3, -0.25) is 4.79 Å². The normalized spacial score (nSPS) is 13.5. The highest BCUT2D eigenvalue weighted by molar-refractivity contribution is 5.83. The highest BCUT2D eigenvalue weighted by Crippen LogP contribution is 2.07. The molecule has 2 amide bonds. The molecule has 0 aliphatic heterocycles. The number of aryl methyl sites for hydroxylation is 1. The summed E-state index contributed by atoms with van der Waals surface area (Å²) in [5, 5.41) is 10.7. The van der Waals surface area contributed by atoms with Gasteiger partial charge in [-0.25, -0.2) is 4.79 Å². The maximum absolute atomic E-state index is 11.1. The first-order valence-electron chi connectivity index (χ1n) is 6.07. The van der Waals surface area contributed by atoms with Crippen molar-refractivity contribution in [3.05, 3.63) is 35.9 Å². The summed E-state index contributed by atoms with van der Waals surface area (Å²) in [6.45, 7) is 0. The molecule has 0 saturated heterocycles. The number of primary amides is 1. The van der Waals surface area contributed by atoms with Crippen LogP contribution in [0.1, 0.15) is 18.4 Å². The summed E-state index contributed by atoms with van der Waals surface area (Å²) in [5.74, 6) is -0.711. The van der Waals surface area contributed by atoms with Crippen LogP contribution in [0.5, 0.6) is 0 Å². The largest absolute Gasteiger partial charge is 0.465 e. The third-order valence-corrected chi connectivity index (χ3v) is 2.83. The van der Waals surface area contributed by atoms with E-state index in [1.165, 1.54) is 0 Å². The Morgan fingerprint density at radius 1 is 1.26 bits per heavy atom. The molecule has 2 atom stereocenters. The fourth-order valence-corrected chi connectivity index (χ4v) is 1.81. The average Bonchev–Trinajstić information content (AvgIpc) is 2.36. The van der Waals surface area contributed by atoms with Crippen LogP contribution < -0.4 is 16.8 Å². The van der Waals surface area contributed by atoms with Gasteiger partial charge in [0.25, 0.3) is 0 Å². The lowest BCUT2D eigenvalue weighted by Gasteiger charge is -2.18. The van der Waals surface area contributed by atoms with E-state index < -0.39 is 18.0 Å². The van der Waals surface area contributed by atoms with Crippen LogP contribution in [0.15, 0.2) is 30.3 Å². The molecule has 0 aliphatic carbocycles. The maximum Gasteiger partial charge on any atom is 0.405 e. The molecule has 0 saturated carbocycles. The van der Waals surface area contributed by atoms with E-state index in [9.17, 15) is 9.59 Å². The van der Waals surface area contributed by atoms with Crippen LogP contribution in [0.4, 0.5) is 4.79 Å². The molecule has 1 rings (SSSR count). The first-order valence-corrected chi connectivity index (χ1v) is 6.07. The zero-order valence-electron chi connectivity index (χ0n) is 10.6. The van der Waals surface area contributed by atoms with Gasteiger partial charge in [0.05, 0.1) is 0 Å². The Bertz CT molecular complexity index is 422. The average molecular weight is 265 g/mol. The fraction of sp³-hybridized carbons (Fsp3) is 0.385. The Morgan fingerprint density at radius 2 is 1.89 bits per heavy atom. The predicted octanol–water partition coefficient (Wildman–Crippen LogP) is 0.458. The molecule has 0 spiro atoms. The summed E-state index contributed by atoms with van der Waals surface area (Å²) in [4.78, 5) is 21.6. The number of carbonyl (C=O) groups excluding carboxylic acids is 1. The molecular weight excluding hydrogens is 246 g/mol. The Morgan fingerprint density at radius 3 is 2.42 bits per heavy atom. The minimum Gasteiger partial charge on any atom is -0.465 e. The highest BCUT2D eigenvalue weighted by Gasteiger charge is 2.20. The van der Waals surface area contributed by atoms with Crippen LogP contribution in [0.25, 0.3) is 0 Å². The smallest absolute Gasteiger partial charge is 0.405 e. The van der Waals surface area contributed by atoms with E-state index >= 15 is 0 Å². The van der Waals surface area contributed by atoms with Gasteiger partial charge < -0.3 is 21.9 Å². The Balaban J connectivity index is 2.42. The van der Waals surface area contributed by atoms with Gasteiger partial charge in [0.1, 0.15) is 6.04 Å². The third kappa shape index (κ3) is 5.87. The van der Waals surface area contributed by atoms with E-state index in [1.54, 1.807) is 0 Å². The molecule has 2 unspecified atom stereocenters. The monoisotopic (exact) mass is 265 g/mol. The van der Waals surface area contributed by atoms with Gasteiger partial charge in [-0.15, -0.1) is 0 Å². The second-order valence-electron chi connectivity index (χ2n) is 4.42. The molecule has 0 radical (unpaired) electrons. The Hall–Kier alpha value is -2.08. The van der Waals surface area contributed by atoms with Gasteiger partial charge >= 0.3 is 6.09 Å². The molecule has 104 valence electrons. The van der Waals surface area contributed by atoms with Crippen LogP contribution in [0.2, 0.25) is 0 Å². The van der Waals surface area contributed by atoms with E-state index in [4.69, 9.17) is 16.6 Å². The number of nitrogens with one attached hydrogen (secondary N) is 1. The van der Waals surface area contributed by atoms with E-state index in [0.29, 0.717) is 6.42 Å². The summed E-state index contributed by atoms with van der Waals surface area (Å²) in [7, 11) is 0. The van der Waals surface area contributed by atoms with Crippen LogP contribution in [0, 0.1) is 0 Å². The molecule has 0 aliphatic rings. The molecule has 6 nitrogen and oxygen atoms in total. The van der Waals surface area contributed by atoms with Crippen molar-refractivity contribution in [3.63, 3.8) is 0 Å². The van der Waals surface area contributed by atoms with Crippen LogP contribution in [-0.4, -0.2) is 29.2 Å². The van der Waals surface area contributed by atoms with Crippen molar-refractivity contribution in [2.75, 3.05) is 0 Å². The van der Waals surface area contributed by atoms with Crippen molar-refractivity contribution in [1.82, 2.24) is 5.32 Å². The van der Waals surface area contributed by atoms with Crippen molar-refractivity contribution in [2.45, 2.75) is 31.3 Å². The van der Waals surface area contributed by atoms with E-state index in [0.717, 1.165) is 12.0 Å². The van der Waals surface area contributed by atoms with Crippen molar-refractivity contribution < 1.29 is 14.7 Å². The number of amides is 2. The quantitative estimate of drug-likeness (QED) is 0.572. The Kier molecular flexibility index (Phi) is 5.81. The highest BCUT2D eigenvalue weighted by atomic mass is 16.4. The number of carbonyl (C=O) groups is 2. The zero-order valence-corrected chi connectivity index (χ0v) is 10.6. The Labute approximate surface area is 111 Å². The number of hydrogen-bond acceptors (Lipinski definition) is 3. The van der Waals surface area contributed by atoms with E-state index in [2.05, 4.69) is 5.32 Å². The minimum atomic E-state index is -1.28. The number of carboxylic acid groups (broad SMARTS) is 1. The number of rotatable bonds is 7. The molecule has 1 aromatic carbocycles. The standard InChI is InChI=1S/C13H19N3O3/c14-10(7-6-9-4-2-1-3-5-9)8-11(12(15)17)16-13(18)19/h1-5,10-11,16H,6-8,14H2,(H2,15,17)(H,18,19). The van der Waals surface area contributed by atoms with Gasteiger partial charge in [-0.1, -0.05) is 30.3 Å². The lowest BCUT2D eigenvalue weighted by atomic mass is 10.00. The van der Waals surface area contributed by atoms with Crippen molar-refractivity contribution in [1.29, 1.82) is 0 Å². The summed E-state index contributed by atoms with van der Waals surface area (Å²) in [6.07, 6.45) is 0.364. The second kappa shape index (κ2) is 7.38. The fourth-order valence-electron chi connectivity index (χ4n) is 1.81. The summed E-state index contributed by atoms with van der Waals surface area (Å²) >= 11 is 0.